The van der Waals surface area contributed by atoms with Crippen LogP contribution in [-0.4, -0.2) is 24.7 Å². The van der Waals surface area contributed by atoms with Gasteiger partial charge in [0.05, 0.1) is 17.1 Å². The normalized spacial score (nSPS) is 14.5. The number of anilines is 1. The van der Waals surface area contributed by atoms with E-state index in [4.69, 9.17) is 0 Å². The Morgan fingerprint density at radius 3 is 2.62 bits per heavy atom. The van der Waals surface area contributed by atoms with Crippen LogP contribution in [0.15, 0.2) is 29.2 Å². The van der Waals surface area contributed by atoms with E-state index in [9.17, 15) is 8.42 Å². The number of benzene rings is 1. The van der Waals surface area contributed by atoms with Gasteiger partial charge >= 0.3 is 0 Å². The Kier molecular flexibility index (Phi) is 3.28. The fourth-order valence-corrected chi connectivity index (χ4v) is 4.91. The molecule has 112 valence electrons. The van der Waals surface area contributed by atoms with E-state index in [0.717, 1.165) is 17.7 Å². The van der Waals surface area contributed by atoms with E-state index in [1.165, 1.54) is 4.31 Å². The summed E-state index contributed by atoms with van der Waals surface area (Å²) in [7, 11) is -3.55. The molecule has 2 heterocycles. The molecule has 0 atom stereocenters. The molecule has 0 spiro atoms. The summed E-state index contributed by atoms with van der Waals surface area (Å²) in [5.74, 6) is 0. The molecule has 0 aliphatic carbocycles. The van der Waals surface area contributed by atoms with Crippen LogP contribution in [0.4, 0.5) is 5.69 Å². The van der Waals surface area contributed by atoms with Crippen LogP contribution in [0.3, 0.4) is 0 Å². The van der Waals surface area contributed by atoms with Crippen molar-refractivity contribution >= 4 is 15.7 Å². The van der Waals surface area contributed by atoms with Crippen molar-refractivity contribution in [3.63, 3.8) is 0 Å². The molecule has 1 aromatic carbocycles. The van der Waals surface area contributed by atoms with Gasteiger partial charge in [-0.15, -0.1) is 0 Å². The predicted molar refractivity (Wildman–Crippen MR) is 82.1 cm³/mol. The number of para-hydroxylation sites is 1. The lowest BCUT2D eigenvalue weighted by molar-refractivity contribution is 0.589. The van der Waals surface area contributed by atoms with E-state index in [-0.39, 0.29) is 0 Å². The number of hydrogen-bond donors (Lipinski definition) is 0. The molecule has 0 saturated carbocycles. The quantitative estimate of drug-likeness (QED) is 0.874. The van der Waals surface area contributed by atoms with Gasteiger partial charge in [-0.05, 0) is 38.8 Å². The summed E-state index contributed by atoms with van der Waals surface area (Å²) in [6.07, 6.45) is 0.759. The number of aromatic nitrogens is 2. The molecule has 0 unspecified atom stereocenters. The van der Waals surface area contributed by atoms with E-state index < -0.39 is 10.0 Å². The van der Waals surface area contributed by atoms with Gasteiger partial charge in [-0.1, -0.05) is 18.2 Å². The predicted octanol–water partition coefficient (Wildman–Crippen LogP) is 2.27. The van der Waals surface area contributed by atoms with Crippen LogP contribution in [0.5, 0.6) is 0 Å². The highest BCUT2D eigenvalue weighted by Crippen LogP contribution is 2.34. The van der Waals surface area contributed by atoms with Gasteiger partial charge in [-0.3, -0.25) is 8.99 Å². The summed E-state index contributed by atoms with van der Waals surface area (Å²) in [5, 5.41) is 4.33. The molecular weight excluding hydrogens is 286 g/mol. The number of fused-ring (bicyclic) bond motifs is 1. The third-order valence-corrected chi connectivity index (χ3v) is 6.07. The van der Waals surface area contributed by atoms with Crippen molar-refractivity contribution in [1.29, 1.82) is 0 Å². The molecule has 0 N–H and O–H groups in total. The van der Waals surface area contributed by atoms with Gasteiger partial charge in [0.2, 0.25) is 0 Å². The van der Waals surface area contributed by atoms with Crippen molar-refractivity contribution in [2.45, 2.75) is 38.6 Å². The second-order valence-electron chi connectivity index (χ2n) is 5.27. The molecule has 0 saturated heterocycles. The summed E-state index contributed by atoms with van der Waals surface area (Å²) in [5.41, 5.74) is 3.15. The maximum Gasteiger partial charge on any atom is 0.268 e. The zero-order valence-electron chi connectivity index (χ0n) is 12.5. The molecule has 21 heavy (non-hydrogen) atoms. The van der Waals surface area contributed by atoms with Gasteiger partial charge in [0.15, 0.2) is 0 Å². The molecule has 1 aliphatic heterocycles. The van der Waals surface area contributed by atoms with E-state index in [0.29, 0.717) is 29.4 Å². The van der Waals surface area contributed by atoms with E-state index in [1.54, 1.807) is 11.6 Å². The SMILES string of the molecule is CCn1nc(C)c(S(=O)(=O)N2CCc3ccccc32)c1C. The molecule has 2 aromatic rings. The van der Waals surface area contributed by atoms with Gasteiger partial charge in [0.1, 0.15) is 4.90 Å². The van der Waals surface area contributed by atoms with E-state index >= 15 is 0 Å². The smallest absolute Gasteiger partial charge is 0.268 e. The zero-order chi connectivity index (χ0) is 15.2. The van der Waals surface area contributed by atoms with Crippen LogP contribution in [0.25, 0.3) is 0 Å². The highest BCUT2D eigenvalue weighted by Gasteiger charge is 2.34. The Hall–Kier alpha value is -1.82. The molecular formula is C15H19N3O2S. The summed E-state index contributed by atoms with van der Waals surface area (Å²) >= 11 is 0. The fourth-order valence-electron chi connectivity index (χ4n) is 3.03. The monoisotopic (exact) mass is 305 g/mol. The second-order valence-corrected chi connectivity index (χ2v) is 7.07. The molecule has 1 aromatic heterocycles. The summed E-state index contributed by atoms with van der Waals surface area (Å²) < 4.78 is 29.3. The van der Waals surface area contributed by atoms with Gasteiger partial charge in [0, 0.05) is 13.1 Å². The Labute approximate surface area is 125 Å². The van der Waals surface area contributed by atoms with Crippen molar-refractivity contribution in [1.82, 2.24) is 9.78 Å². The minimum atomic E-state index is -3.55. The largest absolute Gasteiger partial charge is 0.268 e. The number of hydrogen-bond acceptors (Lipinski definition) is 3. The average Bonchev–Trinajstić information content (AvgIpc) is 3.00. The van der Waals surface area contributed by atoms with Crippen molar-refractivity contribution in [3.05, 3.63) is 41.2 Å². The maximum absolute atomic E-state index is 13.0. The Morgan fingerprint density at radius 1 is 1.24 bits per heavy atom. The minimum Gasteiger partial charge on any atom is -0.268 e. The summed E-state index contributed by atoms with van der Waals surface area (Å²) in [4.78, 5) is 0.348. The molecule has 3 rings (SSSR count). The third kappa shape index (κ3) is 2.05. The molecule has 1 aliphatic rings. The van der Waals surface area contributed by atoms with Crippen molar-refractivity contribution in [2.75, 3.05) is 10.8 Å². The highest BCUT2D eigenvalue weighted by molar-refractivity contribution is 7.93. The molecule has 5 nitrogen and oxygen atoms in total. The second kappa shape index (κ2) is 4.87. The van der Waals surface area contributed by atoms with Crippen LogP contribution < -0.4 is 4.31 Å². The standard InChI is InChI=1S/C15H19N3O2S/c1-4-17-12(3)15(11(2)16-17)21(19,20)18-10-9-13-7-5-6-8-14(13)18/h5-8H,4,9-10H2,1-3H3. The number of aryl methyl sites for hydroxylation is 2. The van der Waals surface area contributed by atoms with Crippen LogP contribution in [0.2, 0.25) is 0 Å². The number of sulfonamides is 1. The van der Waals surface area contributed by atoms with Crippen LogP contribution in [-0.2, 0) is 23.0 Å². The first-order chi connectivity index (χ1) is 9.96. The average molecular weight is 305 g/mol. The number of rotatable bonds is 3. The van der Waals surface area contributed by atoms with Gasteiger partial charge in [-0.2, -0.15) is 5.10 Å². The third-order valence-electron chi connectivity index (χ3n) is 4.01. The highest BCUT2D eigenvalue weighted by atomic mass is 32.2. The zero-order valence-corrected chi connectivity index (χ0v) is 13.3. The van der Waals surface area contributed by atoms with Crippen LogP contribution in [0, 0.1) is 13.8 Å². The summed E-state index contributed by atoms with van der Waals surface area (Å²) in [6, 6.07) is 7.68. The molecule has 0 bridgehead atoms. The van der Waals surface area contributed by atoms with Crippen molar-refractivity contribution in [2.24, 2.45) is 0 Å². The van der Waals surface area contributed by atoms with Crippen LogP contribution >= 0.6 is 0 Å². The lowest BCUT2D eigenvalue weighted by Crippen LogP contribution is -2.30. The van der Waals surface area contributed by atoms with Gasteiger partial charge in [0.25, 0.3) is 10.0 Å². The van der Waals surface area contributed by atoms with Gasteiger partial charge < -0.3 is 0 Å². The Morgan fingerprint density at radius 2 is 1.95 bits per heavy atom. The topological polar surface area (TPSA) is 55.2 Å². The number of nitrogens with zero attached hydrogens (tertiary/aromatic N) is 3. The molecule has 0 radical (unpaired) electrons. The Bertz CT molecular complexity index is 793. The molecule has 6 heteroatoms. The van der Waals surface area contributed by atoms with Crippen molar-refractivity contribution in [3.8, 4) is 0 Å². The first kappa shape index (κ1) is 14.1. The Balaban J connectivity index is 2.13. The lowest BCUT2D eigenvalue weighted by atomic mass is 10.2. The fraction of sp³-hybridized carbons (Fsp3) is 0.400. The molecule has 0 amide bonds. The van der Waals surface area contributed by atoms with Crippen LogP contribution in [0.1, 0.15) is 23.9 Å². The first-order valence-corrected chi connectivity index (χ1v) is 8.55. The van der Waals surface area contributed by atoms with E-state index in [1.807, 2.05) is 38.1 Å². The van der Waals surface area contributed by atoms with E-state index in [2.05, 4.69) is 5.10 Å². The molecule has 0 fully saturated rings. The minimum absolute atomic E-state index is 0.348. The van der Waals surface area contributed by atoms with Gasteiger partial charge in [-0.25, -0.2) is 8.42 Å². The van der Waals surface area contributed by atoms with Crippen molar-refractivity contribution < 1.29 is 8.42 Å². The summed E-state index contributed by atoms with van der Waals surface area (Å²) in [6.45, 7) is 6.70. The lowest BCUT2D eigenvalue weighted by Gasteiger charge is -2.19. The first-order valence-electron chi connectivity index (χ1n) is 7.11. The maximum atomic E-state index is 13.0.